The summed E-state index contributed by atoms with van der Waals surface area (Å²) in [6.07, 6.45) is 2.06. The van der Waals surface area contributed by atoms with E-state index in [0.29, 0.717) is 5.69 Å². The summed E-state index contributed by atoms with van der Waals surface area (Å²) >= 11 is 0. The lowest BCUT2D eigenvalue weighted by atomic mass is 10.1. The van der Waals surface area contributed by atoms with Gasteiger partial charge in [0.05, 0.1) is 0 Å². The number of nitrogens with one attached hydrogen (secondary N) is 2. The SMILES string of the molecule is CCCCCCc1ccc(Nc2ncc(C(F)(F)F)c(Nc3ccc(C)cc3)n2)cc1. The molecule has 2 N–H and O–H groups in total. The van der Waals surface area contributed by atoms with Gasteiger partial charge in [0.15, 0.2) is 0 Å². The third-order valence-electron chi connectivity index (χ3n) is 4.94. The van der Waals surface area contributed by atoms with E-state index in [1.54, 1.807) is 12.1 Å². The zero-order valence-electron chi connectivity index (χ0n) is 17.8. The Morgan fingerprint density at radius 2 is 1.48 bits per heavy atom. The van der Waals surface area contributed by atoms with Crippen LogP contribution in [0.3, 0.4) is 0 Å². The van der Waals surface area contributed by atoms with Crippen molar-refractivity contribution in [2.75, 3.05) is 10.6 Å². The quantitative estimate of drug-likeness (QED) is 0.348. The number of rotatable bonds is 9. The largest absolute Gasteiger partial charge is 0.421 e. The highest BCUT2D eigenvalue weighted by Crippen LogP contribution is 2.35. The number of unbranched alkanes of at least 4 members (excludes halogenated alkanes) is 3. The van der Waals surface area contributed by atoms with E-state index in [-0.39, 0.29) is 11.8 Å². The van der Waals surface area contributed by atoms with E-state index in [4.69, 9.17) is 0 Å². The van der Waals surface area contributed by atoms with Crippen molar-refractivity contribution in [1.82, 2.24) is 9.97 Å². The summed E-state index contributed by atoms with van der Waals surface area (Å²) in [6, 6.07) is 14.9. The average Bonchev–Trinajstić information content (AvgIpc) is 2.73. The van der Waals surface area contributed by atoms with Gasteiger partial charge < -0.3 is 10.6 Å². The van der Waals surface area contributed by atoms with Gasteiger partial charge in [-0.15, -0.1) is 0 Å². The van der Waals surface area contributed by atoms with Crippen molar-refractivity contribution in [3.05, 3.63) is 71.4 Å². The Kier molecular flexibility index (Phi) is 7.50. The summed E-state index contributed by atoms with van der Waals surface area (Å²) in [7, 11) is 0. The van der Waals surface area contributed by atoms with Crippen molar-refractivity contribution in [2.45, 2.75) is 52.1 Å². The molecule has 0 radical (unpaired) electrons. The van der Waals surface area contributed by atoms with E-state index in [9.17, 15) is 13.2 Å². The van der Waals surface area contributed by atoms with Gasteiger partial charge in [0.2, 0.25) is 5.95 Å². The molecule has 0 atom stereocenters. The summed E-state index contributed by atoms with van der Waals surface area (Å²) in [4.78, 5) is 7.96. The van der Waals surface area contributed by atoms with Crippen LogP contribution in [0.25, 0.3) is 0 Å². The normalized spacial score (nSPS) is 11.4. The Morgan fingerprint density at radius 3 is 2.13 bits per heavy atom. The average molecular weight is 429 g/mol. The summed E-state index contributed by atoms with van der Waals surface area (Å²) < 4.78 is 40.3. The summed E-state index contributed by atoms with van der Waals surface area (Å²) in [5.74, 6) is -0.195. The van der Waals surface area contributed by atoms with Crippen LogP contribution < -0.4 is 10.6 Å². The van der Waals surface area contributed by atoms with Crippen LogP contribution in [0.4, 0.5) is 36.3 Å². The van der Waals surface area contributed by atoms with Gasteiger partial charge in [0, 0.05) is 17.6 Å². The molecule has 2 aromatic carbocycles. The lowest BCUT2D eigenvalue weighted by Gasteiger charge is -2.15. The molecule has 0 spiro atoms. The van der Waals surface area contributed by atoms with Gasteiger partial charge in [0.1, 0.15) is 11.4 Å². The van der Waals surface area contributed by atoms with E-state index >= 15 is 0 Å². The number of benzene rings is 2. The molecule has 31 heavy (non-hydrogen) atoms. The third-order valence-corrected chi connectivity index (χ3v) is 4.94. The van der Waals surface area contributed by atoms with Crippen LogP contribution in [0.15, 0.2) is 54.7 Å². The second kappa shape index (κ2) is 10.3. The highest BCUT2D eigenvalue weighted by atomic mass is 19.4. The van der Waals surface area contributed by atoms with Gasteiger partial charge in [-0.2, -0.15) is 18.2 Å². The molecule has 7 heteroatoms. The Morgan fingerprint density at radius 1 is 0.839 bits per heavy atom. The second-order valence-electron chi connectivity index (χ2n) is 7.58. The number of alkyl halides is 3. The maximum absolute atomic E-state index is 13.4. The molecule has 0 fully saturated rings. The maximum atomic E-state index is 13.4. The standard InChI is InChI=1S/C24H27F3N4/c1-3-4-5-6-7-18-10-14-20(15-11-18)30-23-28-16-21(24(25,26)27)22(31-23)29-19-12-8-17(2)9-13-19/h8-16H,3-7H2,1-2H3,(H2,28,29,30,31). The molecule has 3 aromatic rings. The smallest absolute Gasteiger partial charge is 0.340 e. The first-order valence-corrected chi connectivity index (χ1v) is 10.5. The van der Waals surface area contributed by atoms with Crippen molar-refractivity contribution < 1.29 is 13.2 Å². The molecule has 1 aromatic heterocycles. The number of aromatic nitrogens is 2. The molecule has 0 bridgehead atoms. The Hall–Kier alpha value is -3.09. The fourth-order valence-electron chi connectivity index (χ4n) is 3.16. The van der Waals surface area contributed by atoms with E-state index in [1.807, 2.05) is 43.3 Å². The first-order valence-electron chi connectivity index (χ1n) is 10.5. The number of hydrogen-bond acceptors (Lipinski definition) is 4. The molecular weight excluding hydrogens is 401 g/mol. The number of halogens is 3. The van der Waals surface area contributed by atoms with Gasteiger partial charge in [-0.3, -0.25) is 0 Å². The molecule has 164 valence electrons. The molecule has 0 saturated heterocycles. The summed E-state index contributed by atoms with van der Waals surface area (Å²) in [5.41, 5.74) is 2.57. The molecule has 0 aliphatic heterocycles. The van der Waals surface area contributed by atoms with Crippen molar-refractivity contribution in [2.24, 2.45) is 0 Å². The van der Waals surface area contributed by atoms with Crippen LogP contribution in [0.2, 0.25) is 0 Å². The monoisotopic (exact) mass is 428 g/mol. The van der Waals surface area contributed by atoms with Crippen molar-refractivity contribution in [3.63, 3.8) is 0 Å². The Labute approximate surface area is 181 Å². The van der Waals surface area contributed by atoms with Gasteiger partial charge in [-0.05, 0) is 49.6 Å². The molecule has 0 unspecified atom stereocenters. The van der Waals surface area contributed by atoms with Crippen LogP contribution in [-0.2, 0) is 12.6 Å². The fourth-order valence-corrected chi connectivity index (χ4v) is 3.16. The van der Waals surface area contributed by atoms with E-state index in [2.05, 4.69) is 27.5 Å². The number of anilines is 4. The number of hydrogen-bond donors (Lipinski definition) is 2. The van der Waals surface area contributed by atoms with Crippen LogP contribution >= 0.6 is 0 Å². The first-order chi connectivity index (χ1) is 14.8. The predicted octanol–water partition coefficient (Wildman–Crippen LogP) is 7.41. The highest BCUT2D eigenvalue weighted by Gasteiger charge is 2.35. The maximum Gasteiger partial charge on any atom is 0.421 e. The highest BCUT2D eigenvalue weighted by molar-refractivity contribution is 5.63. The molecule has 4 nitrogen and oxygen atoms in total. The fraction of sp³-hybridized carbons (Fsp3) is 0.333. The van der Waals surface area contributed by atoms with Crippen LogP contribution in [-0.4, -0.2) is 9.97 Å². The van der Waals surface area contributed by atoms with Crippen molar-refractivity contribution in [3.8, 4) is 0 Å². The van der Waals surface area contributed by atoms with E-state index < -0.39 is 11.7 Å². The topological polar surface area (TPSA) is 49.8 Å². The third kappa shape index (κ3) is 6.70. The minimum atomic E-state index is -4.56. The summed E-state index contributed by atoms with van der Waals surface area (Å²) in [5, 5.41) is 5.76. The minimum absolute atomic E-state index is 0.0957. The van der Waals surface area contributed by atoms with Gasteiger partial charge in [0.25, 0.3) is 0 Å². The van der Waals surface area contributed by atoms with Gasteiger partial charge in [-0.1, -0.05) is 56.0 Å². The second-order valence-corrected chi connectivity index (χ2v) is 7.58. The van der Waals surface area contributed by atoms with Gasteiger partial charge >= 0.3 is 6.18 Å². The van der Waals surface area contributed by atoms with Gasteiger partial charge in [-0.25, -0.2) is 4.98 Å². The van der Waals surface area contributed by atoms with E-state index in [1.165, 1.54) is 24.8 Å². The number of nitrogens with zero attached hydrogens (tertiary/aromatic N) is 2. The molecule has 0 saturated carbocycles. The van der Waals surface area contributed by atoms with Crippen LogP contribution in [0.5, 0.6) is 0 Å². The lowest BCUT2D eigenvalue weighted by molar-refractivity contribution is -0.137. The zero-order chi connectivity index (χ0) is 22.3. The van der Waals surface area contributed by atoms with Crippen molar-refractivity contribution in [1.29, 1.82) is 0 Å². The molecule has 3 rings (SSSR count). The zero-order valence-corrected chi connectivity index (χ0v) is 17.8. The van der Waals surface area contributed by atoms with Crippen molar-refractivity contribution >= 4 is 23.1 Å². The Bertz CT molecular complexity index is 968. The number of aryl methyl sites for hydroxylation is 2. The lowest BCUT2D eigenvalue weighted by Crippen LogP contribution is -2.12. The molecular formula is C24H27F3N4. The molecule has 1 heterocycles. The first kappa shape index (κ1) is 22.6. The summed E-state index contributed by atoms with van der Waals surface area (Å²) in [6.45, 7) is 4.10. The molecule has 0 aliphatic carbocycles. The Balaban J connectivity index is 1.74. The molecule has 0 amide bonds. The minimum Gasteiger partial charge on any atom is -0.340 e. The van der Waals surface area contributed by atoms with E-state index in [0.717, 1.165) is 30.3 Å². The van der Waals surface area contributed by atoms with Crippen LogP contribution in [0, 0.1) is 6.92 Å². The molecule has 0 aliphatic rings. The predicted molar refractivity (Wildman–Crippen MR) is 119 cm³/mol. The van der Waals surface area contributed by atoms with Crippen LogP contribution in [0.1, 0.15) is 49.3 Å².